The fourth-order valence-corrected chi connectivity index (χ4v) is 5.81. The maximum atomic E-state index is 12.9. The fraction of sp³-hybridized carbons (Fsp3) is 0.577. The van der Waals surface area contributed by atoms with Crippen molar-refractivity contribution in [2.24, 2.45) is 0 Å². The van der Waals surface area contributed by atoms with Gasteiger partial charge in [0.05, 0.1) is 6.04 Å². The van der Waals surface area contributed by atoms with Crippen LogP contribution >= 0.6 is 0 Å². The van der Waals surface area contributed by atoms with Gasteiger partial charge in [0.25, 0.3) is 0 Å². The molecule has 3 aliphatic rings. The normalized spacial score (nSPS) is 22.3. The second-order valence-corrected chi connectivity index (χ2v) is 9.44. The van der Waals surface area contributed by atoms with Gasteiger partial charge in [-0.15, -0.1) is 0 Å². The summed E-state index contributed by atoms with van der Waals surface area (Å²) in [6.45, 7) is 4.00. The standard InChI is InChI=1S/C26H34N4O/c1-19-22-15-16-24(31)30(18-7-11-20-9-3-2-4-10-20)26(22)28-25(27-19)23-14-8-17-29(23)21-12-5-6-13-21/h2-4,9-10,21,23H,5-8,11-18H2,1H3/t23-/m1/s1. The number of fused-ring (bicyclic) bond motifs is 1. The van der Waals surface area contributed by atoms with Crippen molar-refractivity contribution in [2.45, 2.75) is 83.2 Å². The Morgan fingerprint density at radius 3 is 2.61 bits per heavy atom. The molecule has 164 valence electrons. The van der Waals surface area contributed by atoms with Crippen molar-refractivity contribution in [3.05, 3.63) is 53.0 Å². The van der Waals surface area contributed by atoms with Gasteiger partial charge in [-0.2, -0.15) is 0 Å². The highest BCUT2D eigenvalue weighted by Crippen LogP contribution is 2.38. The van der Waals surface area contributed by atoms with E-state index in [1.54, 1.807) is 0 Å². The van der Waals surface area contributed by atoms with Gasteiger partial charge >= 0.3 is 0 Å². The number of hydrogen-bond donors (Lipinski definition) is 0. The van der Waals surface area contributed by atoms with Crippen LogP contribution in [0.4, 0.5) is 5.82 Å². The van der Waals surface area contributed by atoms with Gasteiger partial charge in [-0.05, 0) is 64.0 Å². The van der Waals surface area contributed by atoms with Crippen molar-refractivity contribution < 1.29 is 4.79 Å². The highest BCUT2D eigenvalue weighted by Gasteiger charge is 2.36. The van der Waals surface area contributed by atoms with Gasteiger partial charge in [0.2, 0.25) is 5.91 Å². The number of nitrogens with zero attached hydrogens (tertiary/aromatic N) is 4. The van der Waals surface area contributed by atoms with E-state index in [2.05, 4.69) is 36.1 Å². The number of rotatable bonds is 6. The van der Waals surface area contributed by atoms with Crippen LogP contribution in [-0.4, -0.2) is 39.9 Å². The van der Waals surface area contributed by atoms with Crippen LogP contribution in [0.5, 0.6) is 0 Å². The van der Waals surface area contributed by atoms with Crippen molar-refractivity contribution in [2.75, 3.05) is 18.0 Å². The molecule has 1 aliphatic carbocycles. The molecule has 1 amide bonds. The third-order valence-corrected chi connectivity index (χ3v) is 7.43. The maximum Gasteiger partial charge on any atom is 0.228 e. The van der Waals surface area contributed by atoms with E-state index in [-0.39, 0.29) is 5.91 Å². The molecule has 0 unspecified atom stereocenters. The smallest absolute Gasteiger partial charge is 0.228 e. The summed E-state index contributed by atoms with van der Waals surface area (Å²) in [6, 6.07) is 11.5. The molecule has 1 saturated carbocycles. The van der Waals surface area contributed by atoms with Gasteiger partial charge in [-0.25, -0.2) is 9.97 Å². The predicted octanol–water partition coefficient (Wildman–Crippen LogP) is 4.78. The second kappa shape index (κ2) is 9.07. The maximum absolute atomic E-state index is 12.9. The average molecular weight is 419 g/mol. The zero-order valence-electron chi connectivity index (χ0n) is 18.7. The van der Waals surface area contributed by atoms with E-state index in [4.69, 9.17) is 9.97 Å². The predicted molar refractivity (Wildman–Crippen MR) is 123 cm³/mol. The summed E-state index contributed by atoms with van der Waals surface area (Å²) in [5.74, 6) is 2.05. The Morgan fingerprint density at radius 1 is 1.00 bits per heavy atom. The molecule has 1 atom stereocenters. The molecule has 2 aromatic rings. The summed E-state index contributed by atoms with van der Waals surface area (Å²) in [4.78, 5) is 27.6. The third kappa shape index (κ3) is 4.25. The van der Waals surface area contributed by atoms with E-state index in [1.807, 2.05) is 11.0 Å². The zero-order chi connectivity index (χ0) is 21.2. The van der Waals surface area contributed by atoms with E-state index in [9.17, 15) is 4.79 Å². The number of aryl methyl sites for hydroxylation is 2. The highest BCUT2D eigenvalue weighted by atomic mass is 16.2. The molecular weight excluding hydrogens is 384 g/mol. The summed E-state index contributed by atoms with van der Waals surface area (Å²) in [5, 5.41) is 0. The Morgan fingerprint density at radius 2 is 1.81 bits per heavy atom. The summed E-state index contributed by atoms with van der Waals surface area (Å²) in [6.07, 6.45) is 10.9. The van der Waals surface area contributed by atoms with Crippen LogP contribution < -0.4 is 4.90 Å². The molecule has 1 aromatic heterocycles. The quantitative estimate of drug-likeness (QED) is 0.678. The number of carbonyl (C=O) groups is 1. The number of likely N-dealkylation sites (tertiary alicyclic amines) is 1. The summed E-state index contributed by atoms with van der Waals surface area (Å²) in [5.41, 5.74) is 3.57. The Labute approximate surface area is 185 Å². The summed E-state index contributed by atoms with van der Waals surface area (Å²) in [7, 11) is 0. The fourth-order valence-electron chi connectivity index (χ4n) is 5.81. The monoisotopic (exact) mass is 418 g/mol. The first-order valence-corrected chi connectivity index (χ1v) is 12.2. The molecule has 31 heavy (non-hydrogen) atoms. The lowest BCUT2D eigenvalue weighted by atomic mass is 10.0. The molecule has 0 spiro atoms. The summed E-state index contributed by atoms with van der Waals surface area (Å²) >= 11 is 0. The first-order chi connectivity index (χ1) is 15.2. The van der Waals surface area contributed by atoms with Crippen molar-refractivity contribution in [1.82, 2.24) is 14.9 Å². The van der Waals surface area contributed by atoms with E-state index in [0.717, 1.165) is 56.1 Å². The van der Waals surface area contributed by atoms with Crippen LogP contribution in [-0.2, 0) is 17.6 Å². The Hall–Kier alpha value is -2.27. The van der Waals surface area contributed by atoms with Crippen molar-refractivity contribution in [3.8, 4) is 0 Å². The van der Waals surface area contributed by atoms with Gasteiger partial charge in [0.15, 0.2) is 0 Å². The molecular formula is C26H34N4O. The zero-order valence-corrected chi connectivity index (χ0v) is 18.7. The van der Waals surface area contributed by atoms with E-state index < -0.39 is 0 Å². The van der Waals surface area contributed by atoms with Gasteiger partial charge < -0.3 is 0 Å². The number of aromatic nitrogens is 2. The Bertz CT molecular complexity index is 923. The Kier molecular flexibility index (Phi) is 6.04. The lowest BCUT2D eigenvalue weighted by molar-refractivity contribution is -0.119. The van der Waals surface area contributed by atoms with Crippen molar-refractivity contribution in [3.63, 3.8) is 0 Å². The molecule has 0 radical (unpaired) electrons. The minimum Gasteiger partial charge on any atom is -0.296 e. The van der Waals surface area contributed by atoms with Crippen LogP contribution in [0, 0.1) is 6.92 Å². The van der Waals surface area contributed by atoms with Crippen LogP contribution in [0.25, 0.3) is 0 Å². The van der Waals surface area contributed by atoms with Crippen LogP contribution in [0.3, 0.4) is 0 Å². The van der Waals surface area contributed by atoms with E-state index >= 15 is 0 Å². The molecule has 2 fully saturated rings. The SMILES string of the molecule is Cc1nc([C@H]2CCCN2C2CCCC2)nc2c1CCC(=O)N2CCCc1ccccc1. The molecule has 2 aliphatic heterocycles. The lowest BCUT2D eigenvalue weighted by Gasteiger charge is -2.33. The number of amides is 1. The average Bonchev–Trinajstić information content (AvgIpc) is 3.47. The first kappa shape index (κ1) is 20.6. The van der Waals surface area contributed by atoms with Crippen molar-refractivity contribution in [1.29, 1.82) is 0 Å². The lowest BCUT2D eigenvalue weighted by Crippen LogP contribution is -2.39. The molecule has 1 aromatic carbocycles. The summed E-state index contributed by atoms with van der Waals surface area (Å²) < 4.78 is 0. The van der Waals surface area contributed by atoms with Gasteiger partial charge in [0.1, 0.15) is 11.6 Å². The largest absolute Gasteiger partial charge is 0.296 e. The number of hydrogen-bond acceptors (Lipinski definition) is 4. The highest BCUT2D eigenvalue weighted by molar-refractivity contribution is 5.95. The molecule has 0 N–H and O–H groups in total. The third-order valence-electron chi connectivity index (χ3n) is 7.43. The van der Waals surface area contributed by atoms with Crippen LogP contribution in [0.15, 0.2) is 30.3 Å². The number of carbonyl (C=O) groups excluding carboxylic acids is 1. The molecule has 5 rings (SSSR count). The second-order valence-electron chi connectivity index (χ2n) is 9.44. The molecule has 1 saturated heterocycles. The van der Waals surface area contributed by atoms with Crippen molar-refractivity contribution >= 4 is 11.7 Å². The Balaban J connectivity index is 1.38. The minimum absolute atomic E-state index is 0.212. The topological polar surface area (TPSA) is 49.3 Å². The van der Waals surface area contributed by atoms with Gasteiger partial charge in [-0.3, -0.25) is 14.6 Å². The van der Waals surface area contributed by atoms with Crippen LogP contribution in [0.1, 0.15) is 80.1 Å². The minimum atomic E-state index is 0.212. The molecule has 3 heterocycles. The first-order valence-electron chi connectivity index (χ1n) is 12.2. The molecule has 5 heteroatoms. The van der Waals surface area contributed by atoms with E-state index in [0.29, 0.717) is 18.5 Å². The molecule has 0 bridgehead atoms. The number of anilines is 1. The molecule has 5 nitrogen and oxygen atoms in total. The van der Waals surface area contributed by atoms with Gasteiger partial charge in [-0.1, -0.05) is 43.2 Å². The van der Waals surface area contributed by atoms with Gasteiger partial charge in [0, 0.05) is 30.3 Å². The van der Waals surface area contributed by atoms with Crippen LogP contribution in [0.2, 0.25) is 0 Å². The van der Waals surface area contributed by atoms with E-state index in [1.165, 1.54) is 43.2 Å². The number of benzene rings is 1.